The molecule has 0 unspecified atom stereocenters. The molecule has 2 amide bonds. The van der Waals surface area contributed by atoms with Gasteiger partial charge in [0.15, 0.2) is 0 Å². The second kappa shape index (κ2) is 8.16. The standard InChI is InChI=1S/C22H22ClFN4O2/c23-16-6-4-14(5-7-16)11-18(25)20(29)28-9-8-19-22(13-28,21(30)27-26-19)12-15-2-1-3-17(24)10-15/h1-7,10,18H,8-9,11-13,25H2,(H,27,30)/t18-,22-/m1/s1. The van der Waals surface area contributed by atoms with E-state index < -0.39 is 11.5 Å². The molecule has 2 aliphatic rings. The van der Waals surface area contributed by atoms with Crippen LogP contribution in [-0.2, 0) is 22.4 Å². The largest absolute Gasteiger partial charge is 0.339 e. The van der Waals surface area contributed by atoms with Crippen LogP contribution in [0.5, 0.6) is 0 Å². The smallest absolute Gasteiger partial charge is 0.254 e. The first kappa shape index (κ1) is 20.5. The van der Waals surface area contributed by atoms with Crippen molar-refractivity contribution in [2.24, 2.45) is 16.3 Å². The number of likely N-dealkylation sites (tertiary alicyclic amines) is 1. The van der Waals surface area contributed by atoms with Crippen LogP contribution in [0.2, 0.25) is 5.02 Å². The maximum absolute atomic E-state index is 13.7. The molecule has 8 heteroatoms. The van der Waals surface area contributed by atoms with Gasteiger partial charge in [0.05, 0.1) is 11.8 Å². The van der Waals surface area contributed by atoms with Crippen LogP contribution in [0.1, 0.15) is 17.5 Å². The lowest BCUT2D eigenvalue weighted by Gasteiger charge is -2.40. The van der Waals surface area contributed by atoms with E-state index in [0.29, 0.717) is 35.7 Å². The van der Waals surface area contributed by atoms with Gasteiger partial charge in [-0.2, -0.15) is 5.10 Å². The maximum Gasteiger partial charge on any atom is 0.254 e. The number of hydrazone groups is 1. The van der Waals surface area contributed by atoms with E-state index in [1.165, 1.54) is 12.1 Å². The van der Waals surface area contributed by atoms with Crippen molar-refractivity contribution >= 4 is 29.1 Å². The van der Waals surface area contributed by atoms with E-state index in [0.717, 1.165) is 5.56 Å². The van der Waals surface area contributed by atoms with Crippen LogP contribution >= 0.6 is 11.6 Å². The van der Waals surface area contributed by atoms with E-state index in [1.807, 2.05) is 12.1 Å². The quantitative estimate of drug-likeness (QED) is 0.766. The first-order chi connectivity index (χ1) is 14.4. The van der Waals surface area contributed by atoms with Crippen molar-refractivity contribution < 1.29 is 14.0 Å². The summed E-state index contributed by atoms with van der Waals surface area (Å²) in [4.78, 5) is 27.5. The van der Waals surface area contributed by atoms with Gasteiger partial charge in [-0.05, 0) is 48.2 Å². The van der Waals surface area contributed by atoms with Gasteiger partial charge in [0.1, 0.15) is 11.2 Å². The molecule has 156 valence electrons. The second-order valence-electron chi connectivity index (χ2n) is 7.84. The molecular formula is C22H22ClFN4O2. The van der Waals surface area contributed by atoms with Gasteiger partial charge in [0.25, 0.3) is 5.91 Å². The molecule has 2 aromatic carbocycles. The molecule has 0 spiro atoms. The minimum Gasteiger partial charge on any atom is -0.339 e. The number of halogens is 2. The van der Waals surface area contributed by atoms with Crippen molar-refractivity contribution in [1.82, 2.24) is 10.3 Å². The van der Waals surface area contributed by atoms with Crippen molar-refractivity contribution in [3.63, 3.8) is 0 Å². The summed E-state index contributed by atoms with van der Waals surface area (Å²) < 4.78 is 13.7. The maximum atomic E-state index is 13.7. The Balaban J connectivity index is 1.52. The molecule has 3 N–H and O–H groups in total. The normalized spacial score (nSPS) is 21.6. The molecule has 30 heavy (non-hydrogen) atoms. The first-order valence-electron chi connectivity index (χ1n) is 9.78. The minimum atomic E-state index is -0.998. The van der Waals surface area contributed by atoms with Gasteiger partial charge in [-0.15, -0.1) is 0 Å². The highest BCUT2D eigenvalue weighted by Crippen LogP contribution is 2.35. The van der Waals surface area contributed by atoms with Gasteiger partial charge in [-0.25, -0.2) is 9.82 Å². The number of rotatable bonds is 5. The number of carbonyl (C=O) groups excluding carboxylic acids is 2. The molecule has 6 nitrogen and oxygen atoms in total. The first-order valence-corrected chi connectivity index (χ1v) is 10.2. The topological polar surface area (TPSA) is 87.8 Å². The van der Waals surface area contributed by atoms with Gasteiger partial charge in [0, 0.05) is 24.5 Å². The Morgan fingerprint density at radius 3 is 2.77 bits per heavy atom. The molecule has 0 aromatic heterocycles. The number of nitrogens with zero attached hydrogens (tertiary/aromatic N) is 2. The number of amides is 2. The van der Waals surface area contributed by atoms with Crippen LogP contribution in [-0.4, -0.2) is 41.6 Å². The Morgan fingerprint density at radius 1 is 1.27 bits per heavy atom. The second-order valence-corrected chi connectivity index (χ2v) is 8.27. The molecule has 1 saturated heterocycles. The van der Waals surface area contributed by atoms with E-state index in [4.69, 9.17) is 17.3 Å². The average Bonchev–Trinajstić information content (AvgIpc) is 3.04. The Hall–Kier alpha value is -2.77. The van der Waals surface area contributed by atoms with Gasteiger partial charge in [-0.1, -0.05) is 35.9 Å². The molecule has 0 radical (unpaired) electrons. The van der Waals surface area contributed by atoms with Crippen LogP contribution in [0.3, 0.4) is 0 Å². The Bertz CT molecular complexity index is 1010. The predicted molar refractivity (Wildman–Crippen MR) is 112 cm³/mol. The molecule has 2 heterocycles. The summed E-state index contributed by atoms with van der Waals surface area (Å²) in [6.07, 6.45) is 1.11. The van der Waals surface area contributed by atoms with E-state index in [1.54, 1.807) is 29.2 Å². The SMILES string of the molecule is N[C@H](Cc1ccc(Cl)cc1)C(=O)N1CCC2=NNC(=O)[C@]2(Cc2cccc(F)c2)C1. The van der Waals surface area contributed by atoms with Crippen molar-refractivity contribution in [2.75, 3.05) is 13.1 Å². The fourth-order valence-corrected chi connectivity index (χ4v) is 4.31. The number of fused-ring (bicyclic) bond motifs is 1. The zero-order valence-electron chi connectivity index (χ0n) is 16.3. The lowest BCUT2D eigenvalue weighted by Crippen LogP contribution is -2.58. The fourth-order valence-electron chi connectivity index (χ4n) is 4.19. The summed E-state index contributed by atoms with van der Waals surface area (Å²) >= 11 is 5.91. The number of hydrogen-bond acceptors (Lipinski definition) is 4. The van der Waals surface area contributed by atoms with E-state index >= 15 is 0 Å². The molecular weight excluding hydrogens is 407 g/mol. The zero-order chi connectivity index (χ0) is 21.3. The fraction of sp³-hybridized carbons (Fsp3) is 0.318. The molecule has 2 atom stereocenters. The van der Waals surface area contributed by atoms with Crippen molar-refractivity contribution in [3.8, 4) is 0 Å². The summed E-state index contributed by atoms with van der Waals surface area (Å²) in [5, 5.41) is 4.80. The van der Waals surface area contributed by atoms with Crippen molar-refractivity contribution in [2.45, 2.75) is 25.3 Å². The average molecular weight is 429 g/mol. The Labute approximate surface area is 178 Å². The van der Waals surface area contributed by atoms with Crippen LogP contribution in [0.25, 0.3) is 0 Å². The number of benzene rings is 2. The molecule has 4 rings (SSSR count). The zero-order valence-corrected chi connectivity index (χ0v) is 17.0. The lowest BCUT2D eigenvalue weighted by atomic mass is 9.73. The Morgan fingerprint density at radius 2 is 2.03 bits per heavy atom. The summed E-state index contributed by atoms with van der Waals surface area (Å²) in [6, 6.07) is 12.6. The summed E-state index contributed by atoms with van der Waals surface area (Å²) in [7, 11) is 0. The van der Waals surface area contributed by atoms with Gasteiger partial charge in [-0.3, -0.25) is 9.59 Å². The summed E-state index contributed by atoms with van der Waals surface area (Å²) in [6.45, 7) is 0.604. The molecule has 0 saturated carbocycles. The number of carbonyl (C=O) groups is 2. The monoisotopic (exact) mass is 428 g/mol. The van der Waals surface area contributed by atoms with E-state index in [2.05, 4.69) is 10.5 Å². The van der Waals surface area contributed by atoms with Crippen LogP contribution in [0, 0.1) is 11.2 Å². The highest BCUT2D eigenvalue weighted by Gasteiger charge is 2.51. The van der Waals surface area contributed by atoms with Crippen molar-refractivity contribution in [1.29, 1.82) is 0 Å². The molecule has 0 bridgehead atoms. The van der Waals surface area contributed by atoms with Gasteiger partial charge < -0.3 is 10.6 Å². The molecule has 2 aromatic rings. The number of nitrogens with one attached hydrogen (secondary N) is 1. The van der Waals surface area contributed by atoms with Crippen LogP contribution in [0.15, 0.2) is 53.6 Å². The molecule has 0 aliphatic carbocycles. The third kappa shape index (κ3) is 3.95. The third-order valence-electron chi connectivity index (χ3n) is 5.75. The van der Waals surface area contributed by atoms with Gasteiger partial charge >= 0.3 is 0 Å². The summed E-state index contributed by atoms with van der Waals surface area (Å²) in [5.74, 6) is -0.859. The lowest BCUT2D eigenvalue weighted by molar-refractivity contribution is -0.136. The van der Waals surface area contributed by atoms with Crippen LogP contribution < -0.4 is 11.2 Å². The van der Waals surface area contributed by atoms with Gasteiger partial charge in [0.2, 0.25) is 5.91 Å². The third-order valence-corrected chi connectivity index (χ3v) is 6.00. The molecule has 1 fully saturated rings. The Kier molecular flexibility index (Phi) is 5.58. The van der Waals surface area contributed by atoms with E-state index in [-0.39, 0.29) is 30.6 Å². The highest BCUT2D eigenvalue weighted by atomic mass is 35.5. The highest BCUT2D eigenvalue weighted by molar-refractivity contribution is 6.30. The number of piperidine rings is 1. The minimum absolute atomic E-state index is 0.168. The summed E-state index contributed by atoms with van der Waals surface area (Å²) in [5.41, 5.74) is 10.0. The van der Waals surface area contributed by atoms with Crippen LogP contribution in [0.4, 0.5) is 4.39 Å². The number of hydrogen-bond donors (Lipinski definition) is 2. The van der Waals surface area contributed by atoms with Crippen molar-refractivity contribution in [3.05, 3.63) is 70.5 Å². The predicted octanol–water partition coefficient (Wildman–Crippen LogP) is 2.30. The number of nitrogens with two attached hydrogens (primary N) is 1. The molecule has 2 aliphatic heterocycles. The van der Waals surface area contributed by atoms with E-state index in [9.17, 15) is 14.0 Å².